The molecule has 0 radical (unpaired) electrons. The highest BCUT2D eigenvalue weighted by Crippen LogP contribution is 2.20. The molecular weight excluding hydrogens is 206 g/mol. The van der Waals surface area contributed by atoms with Gasteiger partial charge in [-0.15, -0.1) is 5.10 Å². The first kappa shape index (κ1) is 10.3. The van der Waals surface area contributed by atoms with Crippen LogP contribution >= 0.6 is 0 Å². The SMILES string of the molecule is COc1ccc(-c2cnnc(NN)n2)cc1. The van der Waals surface area contributed by atoms with Crippen LogP contribution in [0.25, 0.3) is 11.3 Å². The second kappa shape index (κ2) is 4.54. The zero-order valence-electron chi connectivity index (χ0n) is 8.71. The fraction of sp³-hybridized carbons (Fsp3) is 0.100. The van der Waals surface area contributed by atoms with Gasteiger partial charge in [-0.25, -0.2) is 10.8 Å². The van der Waals surface area contributed by atoms with Crippen molar-refractivity contribution >= 4 is 5.95 Å². The van der Waals surface area contributed by atoms with Crippen molar-refractivity contribution in [2.75, 3.05) is 12.5 Å². The van der Waals surface area contributed by atoms with Crippen LogP contribution in [0.1, 0.15) is 0 Å². The summed E-state index contributed by atoms with van der Waals surface area (Å²) in [6.45, 7) is 0. The molecular formula is C10H11N5O. The van der Waals surface area contributed by atoms with Crippen LogP contribution in [-0.4, -0.2) is 22.3 Å². The van der Waals surface area contributed by atoms with Crippen molar-refractivity contribution in [1.82, 2.24) is 15.2 Å². The molecule has 6 nitrogen and oxygen atoms in total. The third kappa shape index (κ3) is 2.06. The van der Waals surface area contributed by atoms with E-state index in [4.69, 9.17) is 10.6 Å². The Morgan fingerprint density at radius 3 is 2.62 bits per heavy atom. The number of benzene rings is 1. The van der Waals surface area contributed by atoms with Crippen LogP contribution in [0.3, 0.4) is 0 Å². The van der Waals surface area contributed by atoms with Crippen molar-refractivity contribution in [3.05, 3.63) is 30.5 Å². The van der Waals surface area contributed by atoms with Crippen LogP contribution in [0, 0.1) is 0 Å². The van der Waals surface area contributed by atoms with Gasteiger partial charge < -0.3 is 4.74 Å². The molecule has 0 saturated carbocycles. The molecule has 0 aliphatic heterocycles. The Kier molecular flexibility index (Phi) is 2.93. The first-order valence-electron chi connectivity index (χ1n) is 4.64. The normalized spacial score (nSPS) is 9.88. The van der Waals surface area contributed by atoms with Crippen molar-refractivity contribution in [2.24, 2.45) is 5.84 Å². The molecule has 0 spiro atoms. The summed E-state index contributed by atoms with van der Waals surface area (Å²) in [5.74, 6) is 6.29. The van der Waals surface area contributed by atoms with E-state index in [0.717, 1.165) is 11.3 Å². The van der Waals surface area contributed by atoms with Crippen LogP contribution in [0.2, 0.25) is 0 Å². The molecule has 1 heterocycles. The summed E-state index contributed by atoms with van der Waals surface area (Å²) in [5, 5.41) is 7.48. The number of methoxy groups -OCH3 is 1. The number of rotatable bonds is 3. The number of nitrogens with one attached hydrogen (secondary N) is 1. The van der Waals surface area contributed by atoms with E-state index in [1.54, 1.807) is 13.3 Å². The quantitative estimate of drug-likeness (QED) is 0.585. The van der Waals surface area contributed by atoms with E-state index in [2.05, 4.69) is 20.6 Å². The van der Waals surface area contributed by atoms with Gasteiger partial charge in [0.1, 0.15) is 5.75 Å². The number of aromatic nitrogens is 3. The van der Waals surface area contributed by atoms with Gasteiger partial charge in [-0.3, -0.25) is 5.43 Å². The largest absolute Gasteiger partial charge is 0.497 e. The number of ether oxygens (including phenoxy) is 1. The van der Waals surface area contributed by atoms with Gasteiger partial charge in [0.25, 0.3) is 5.95 Å². The van der Waals surface area contributed by atoms with Gasteiger partial charge in [0.15, 0.2) is 0 Å². The number of hydrogen-bond donors (Lipinski definition) is 2. The average Bonchev–Trinajstić information content (AvgIpc) is 2.39. The summed E-state index contributed by atoms with van der Waals surface area (Å²) in [6, 6.07) is 7.49. The van der Waals surface area contributed by atoms with Crippen LogP contribution in [-0.2, 0) is 0 Å². The maximum absolute atomic E-state index is 5.21. The molecule has 0 unspecified atom stereocenters. The molecule has 3 N–H and O–H groups in total. The number of nitrogens with zero attached hydrogens (tertiary/aromatic N) is 3. The van der Waals surface area contributed by atoms with E-state index < -0.39 is 0 Å². The lowest BCUT2D eigenvalue weighted by Gasteiger charge is -2.03. The lowest BCUT2D eigenvalue weighted by atomic mass is 10.1. The molecule has 1 aromatic heterocycles. The fourth-order valence-corrected chi connectivity index (χ4v) is 1.27. The summed E-state index contributed by atoms with van der Waals surface area (Å²) in [4.78, 5) is 4.17. The maximum atomic E-state index is 5.21. The predicted octanol–water partition coefficient (Wildman–Crippen LogP) is 0.833. The molecule has 6 heteroatoms. The van der Waals surface area contributed by atoms with E-state index in [1.165, 1.54) is 0 Å². The second-order valence-electron chi connectivity index (χ2n) is 3.04. The first-order chi connectivity index (χ1) is 7.83. The zero-order chi connectivity index (χ0) is 11.4. The Hall–Kier alpha value is -2.21. The minimum Gasteiger partial charge on any atom is -0.497 e. The van der Waals surface area contributed by atoms with E-state index in [1.807, 2.05) is 24.3 Å². The highest BCUT2D eigenvalue weighted by Gasteiger charge is 2.02. The summed E-state index contributed by atoms with van der Waals surface area (Å²) in [6.07, 6.45) is 1.57. The molecule has 82 valence electrons. The van der Waals surface area contributed by atoms with Gasteiger partial charge in [0, 0.05) is 5.56 Å². The third-order valence-electron chi connectivity index (χ3n) is 2.07. The number of nitrogen functional groups attached to an aromatic ring is 1. The molecule has 1 aromatic carbocycles. The number of hydrogen-bond acceptors (Lipinski definition) is 6. The summed E-state index contributed by atoms with van der Waals surface area (Å²) in [5.41, 5.74) is 3.97. The van der Waals surface area contributed by atoms with Gasteiger partial charge in [0.05, 0.1) is 19.0 Å². The summed E-state index contributed by atoms with van der Waals surface area (Å²) < 4.78 is 5.07. The fourth-order valence-electron chi connectivity index (χ4n) is 1.27. The number of hydrazine groups is 1. The topological polar surface area (TPSA) is 86.0 Å². The highest BCUT2D eigenvalue weighted by atomic mass is 16.5. The molecule has 0 saturated heterocycles. The van der Waals surface area contributed by atoms with Crippen LogP contribution < -0.4 is 16.0 Å². The standard InChI is InChI=1S/C10H11N5O/c1-16-8-4-2-7(3-5-8)9-6-12-15-10(13-9)14-11/h2-6H,11H2,1H3,(H,13,14,15). The predicted molar refractivity (Wildman–Crippen MR) is 59.6 cm³/mol. The maximum Gasteiger partial charge on any atom is 0.257 e. The average molecular weight is 217 g/mol. The van der Waals surface area contributed by atoms with Crippen LogP contribution in [0.15, 0.2) is 30.5 Å². The monoisotopic (exact) mass is 217 g/mol. The lowest BCUT2D eigenvalue weighted by molar-refractivity contribution is 0.415. The van der Waals surface area contributed by atoms with E-state index in [0.29, 0.717) is 5.69 Å². The smallest absolute Gasteiger partial charge is 0.257 e. The molecule has 0 aliphatic rings. The summed E-state index contributed by atoms with van der Waals surface area (Å²) in [7, 11) is 1.62. The number of anilines is 1. The van der Waals surface area contributed by atoms with Crippen molar-refractivity contribution < 1.29 is 4.74 Å². The Balaban J connectivity index is 2.34. The van der Waals surface area contributed by atoms with Gasteiger partial charge in [-0.2, -0.15) is 5.10 Å². The van der Waals surface area contributed by atoms with Gasteiger partial charge in [-0.1, -0.05) is 0 Å². The molecule has 0 bridgehead atoms. The lowest BCUT2D eigenvalue weighted by Crippen LogP contribution is -2.11. The van der Waals surface area contributed by atoms with Crippen molar-refractivity contribution in [2.45, 2.75) is 0 Å². The van der Waals surface area contributed by atoms with Crippen molar-refractivity contribution in [3.63, 3.8) is 0 Å². The van der Waals surface area contributed by atoms with E-state index >= 15 is 0 Å². The van der Waals surface area contributed by atoms with Crippen molar-refractivity contribution in [3.8, 4) is 17.0 Å². The van der Waals surface area contributed by atoms with Gasteiger partial charge >= 0.3 is 0 Å². The number of nitrogens with two attached hydrogens (primary N) is 1. The van der Waals surface area contributed by atoms with E-state index in [9.17, 15) is 0 Å². The van der Waals surface area contributed by atoms with E-state index in [-0.39, 0.29) is 5.95 Å². The molecule has 0 aliphatic carbocycles. The first-order valence-corrected chi connectivity index (χ1v) is 4.64. The zero-order valence-corrected chi connectivity index (χ0v) is 8.71. The molecule has 0 fully saturated rings. The third-order valence-corrected chi connectivity index (χ3v) is 2.07. The summed E-state index contributed by atoms with van der Waals surface area (Å²) >= 11 is 0. The molecule has 16 heavy (non-hydrogen) atoms. The Bertz CT molecular complexity index is 471. The minimum atomic E-state index is 0.285. The van der Waals surface area contributed by atoms with Gasteiger partial charge in [0.2, 0.25) is 0 Å². The Morgan fingerprint density at radius 1 is 1.25 bits per heavy atom. The Morgan fingerprint density at radius 2 is 2.00 bits per heavy atom. The Labute approximate surface area is 92.5 Å². The molecule has 2 aromatic rings. The highest BCUT2D eigenvalue weighted by molar-refractivity contribution is 5.59. The van der Waals surface area contributed by atoms with Crippen molar-refractivity contribution in [1.29, 1.82) is 0 Å². The van der Waals surface area contributed by atoms with Crippen LogP contribution in [0.5, 0.6) is 5.75 Å². The molecule has 0 amide bonds. The molecule has 0 atom stereocenters. The second-order valence-corrected chi connectivity index (χ2v) is 3.04. The van der Waals surface area contributed by atoms with Gasteiger partial charge in [-0.05, 0) is 24.3 Å². The van der Waals surface area contributed by atoms with Crippen LogP contribution in [0.4, 0.5) is 5.95 Å². The molecule has 2 rings (SSSR count). The minimum absolute atomic E-state index is 0.285.